The van der Waals surface area contributed by atoms with Crippen molar-refractivity contribution in [3.63, 3.8) is 0 Å². The van der Waals surface area contributed by atoms with Crippen molar-refractivity contribution in [2.75, 3.05) is 24.6 Å². The Morgan fingerprint density at radius 3 is 2.62 bits per heavy atom. The lowest BCUT2D eigenvalue weighted by Gasteiger charge is -2.10. The number of carbonyl (C=O) groups excluding carboxylic acids is 1. The highest BCUT2D eigenvalue weighted by atomic mass is 32.2. The minimum atomic E-state index is -3.65. The molecule has 0 atom stereocenters. The smallest absolute Gasteiger partial charge is 0.241 e. The molecule has 0 aliphatic rings. The summed E-state index contributed by atoms with van der Waals surface area (Å²) in [4.78, 5) is 11.8. The van der Waals surface area contributed by atoms with Gasteiger partial charge in [0.25, 0.3) is 0 Å². The Kier molecular flexibility index (Phi) is 7.21. The van der Waals surface area contributed by atoms with Crippen molar-refractivity contribution in [3.05, 3.63) is 29.3 Å². The van der Waals surface area contributed by atoms with Gasteiger partial charge in [-0.25, -0.2) is 13.1 Å². The summed E-state index contributed by atoms with van der Waals surface area (Å²) in [5.74, 6) is 1.50. The average molecular weight is 330 g/mol. The molecule has 0 heterocycles. The molecule has 1 amide bonds. The number of sulfonamides is 1. The van der Waals surface area contributed by atoms with Crippen molar-refractivity contribution in [2.24, 2.45) is 0 Å². The van der Waals surface area contributed by atoms with Crippen LogP contribution in [0.4, 0.5) is 0 Å². The fourth-order valence-corrected chi connectivity index (χ4v) is 3.55. The molecular weight excluding hydrogens is 308 g/mol. The second kappa shape index (κ2) is 8.41. The van der Waals surface area contributed by atoms with Crippen molar-refractivity contribution in [3.8, 4) is 0 Å². The van der Waals surface area contributed by atoms with E-state index in [1.165, 1.54) is 0 Å². The van der Waals surface area contributed by atoms with Gasteiger partial charge in [-0.05, 0) is 31.2 Å². The predicted octanol–water partition coefficient (Wildman–Crippen LogP) is 1.45. The van der Waals surface area contributed by atoms with Gasteiger partial charge in [0.05, 0.1) is 11.4 Å². The van der Waals surface area contributed by atoms with Gasteiger partial charge >= 0.3 is 0 Å². The molecule has 5 nitrogen and oxygen atoms in total. The molecule has 2 N–H and O–H groups in total. The van der Waals surface area contributed by atoms with Crippen LogP contribution in [0, 0.1) is 13.8 Å². The highest BCUT2D eigenvalue weighted by Crippen LogP contribution is 2.15. The second-order valence-electron chi connectivity index (χ2n) is 4.64. The maximum absolute atomic E-state index is 12.1. The van der Waals surface area contributed by atoms with Crippen LogP contribution in [0.25, 0.3) is 0 Å². The summed E-state index contributed by atoms with van der Waals surface area (Å²) in [6.07, 6.45) is 0. The van der Waals surface area contributed by atoms with Crippen LogP contribution < -0.4 is 10.0 Å². The Labute approximate surface area is 130 Å². The van der Waals surface area contributed by atoms with Gasteiger partial charge in [-0.15, -0.1) is 0 Å². The molecule has 0 unspecified atom stereocenters. The van der Waals surface area contributed by atoms with E-state index in [0.717, 1.165) is 17.1 Å². The Balaban J connectivity index is 2.55. The molecule has 0 saturated carbocycles. The van der Waals surface area contributed by atoms with E-state index in [-0.39, 0.29) is 17.3 Å². The van der Waals surface area contributed by atoms with Gasteiger partial charge in [-0.1, -0.05) is 24.6 Å². The summed E-state index contributed by atoms with van der Waals surface area (Å²) in [7, 11) is -3.65. The van der Waals surface area contributed by atoms with Gasteiger partial charge in [0.2, 0.25) is 15.9 Å². The molecule has 0 fully saturated rings. The first-order chi connectivity index (χ1) is 9.86. The van der Waals surface area contributed by atoms with Gasteiger partial charge in [-0.3, -0.25) is 4.79 Å². The Morgan fingerprint density at radius 2 is 2.00 bits per heavy atom. The first-order valence-corrected chi connectivity index (χ1v) is 9.42. The molecule has 0 aromatic heterocycles. The minimum Gasteiger partial charge on any atom is -0.354 e. The average Bonchev–Trinajstić information content (AvgIpc) is 2.41. The Bertz CT molecular complexity index is 586. The molecule has 0 bridgehead atoms. The van der Waals surface area contributed by atoms with Crippen LogP contribution in [0.5, 0.6) is 0 Å². The third kappa shape index (κ3) is 6.07. The van der Waals surface area contributed by atoms with Crippen molar-refractivity contribution in [1.82, 2.24) is 10.0 Å². The topological polar surface area (TPSA) is 75.3 Å². The zero-order valence-electron chi connectivity index (χ0n) is 12.6. The lowest BCUT2D eigenvalue weighted by molar-refractivity contribution is -0.119. The van der Waals surface area contributed by atoms with Crippen LogP contribution in [0.2, 0.25) is 0 Å². The fourth-order valence-electron chi connectivity index (χ4n) is 1.81. The van der Waals surface area contributed by atoms with Gasteiger partial charge in [0, 0.05) is 12.3 Å². The van der Waals surface area contributed by atoms with Crippen LogP contribution >= 0.6 is 11.8 Å². The molecule has 21 heavy (non-hydrogen) atoms. The first-order valence-electron chi connectivity index (χ1n) is 6.78. The van der Waals surface area contributed by atoms with Crippen LogP contribution in [0.1, 0.15) is 18.1 Å². The maximum atomic E-state index is 12.1. The number of hydrogen-bond donors (Lipinski definition) is 2. The monoisotopic (exact) mass is 330 g/mol. The van der Waals surface area contributed by atoms with Crippen LogP contribution in [-0.4, -0.2) is 38.9 Å². The van der Waals surface area contributed by atoms with E-state index in [2.05, 4.69) is 10.0 Å². The number of benzene rings is 1. The normalized spacial score (nSPS) is 11.4. The number of rotatable bonds is 8. The van der Waals surface area contributed by atoms with Crippen LogP contribution in [0.3, 0.4) is 0 Å². The summed E-state index contributed by atoms with van der Waals surface area (Å²) < 4.78 is 26.6. The summed E-state index contributed by atoms with van der Waals surface area (Å²) in [6.45, 7) is 5.99. The van der Waals surface area contributed by atoms with Crippen molar-refractivity contribution >= 4 is 27.7 Å². The lowest BCUT2D eigenvalue weighted by Crippen LogP contribution is -2.37. The summed E-state index contributed by atoms with van der Waals surface area (Å²) in [5, 5.41) is 2.68. The van der Waals surface area contributed by atoms with E-state index in [4.69, 9.17) is 0 Å². The highest BCUT2D eigenvalue weighted by molar-refractivity contribution is 7.99. The highest BCUT2D eigenvalue weighted by Gasteiger charge is 2.17. The van der Waals surface area contributed by atoms with Crippen LogP contribution in [-0.2, 0) is 14.8 Å². The molecule has 1 aromatic rings. The standard InChI is InChI=1S/C14H22N2O3S2/c1-4-20-8-7-15-14(17)10-16-21(18,19)13-6-5-11(2)9-12(13)3/h5-6,9,16H,4,7-8,10H2,1-3H3,(H,15,17). The Morgan fingerprint density at radius 1 is 1.29 bits per heavy atom. The Hall–Kier alpha value is -1.05. The van der Waals surface area contributed by atoms with Crippen molar-refractivity contribution in [1.29, 1.82) is 0 Å². The number of hydrogen-bond acceptors (Lipinski definition) is 4. The zero-order chi connectivity index (χ0) is 15.9. The number of amides is 1. The molecule has 0 spiro atoms. The minimum absolute atomic E-state index is 0.211. The van der Waals surface area contributed by atoms with E-state index in [1.54, 1.807) is 36.9 Å². The molecule has 1 aromatic carbocycles. The fraction of sp³-hybridized carbons (Fsp3) is 0.500. The largest absolute Gasteiger partial charge is 0.354 e. The summed E-state index contributed by atoms with van der Waals surface area (Å²) in [6, 6.07) is 5.10. The van der Waals surface area contributed by atoms with Crippen LogP contribution in [0.15, 0.2) is 23.1 Å². The maximum Gasteiger partial charge on any atom is 0.241 e. The van der Waals surface area contributed by atoms with E-state index >= 15 is 0 Å². The molecular formula is C14H22N2O3S2. The lowest BCUT2D eigenvalue weighted by atomic mass is 10.2. The van der Waals surface area contributed by atoms with Crippen molar-refractivity contribution < 1.29 is 13.2 Å². The first kappa shape index (κ1) is 18.0. The van der Waals surface area contributed by atoms with Gasteiger partial charge in [0.15, 0.2) is 0 Å². The summed E-state index contributed by atoms with van der Waals surface area (Å²) in [5.41, 5.74) is 1.67. The SMILES string of the molecule is CCSCCNC(=O)CNS(=O)(=O)c1ccc(C)cc1C. The molecule has 118 valence electrons. The molecule has 0 radical (unpaired) electrons. The summed E-state index contributed by atoms with van der Waals surface area (Å²) >= 11 is 1.72. The van der Waals surface area contributed by atoms with Crippen molar-refractivity contribution in [2.45, 2.75) is 25.7 Å². The van der Waals surface area contributed by atoms with E-state index in [0.29, 0.717) is 12.1 Å². The third-order valence-electron chi connectivity index (χ3n) is 2.82. The number of nitrogens with one attached hydrogen (secondary N) is 2. The third-order valence-corrected chi connectivity index (χ3v) is 5.28. The zero-order valence-corrected chi connectivity index (χ0v) is 14.2. The van der Waals surface area contributed by atoms with Gasteiger partial charge in [0.1, 0.15) is 0 Å². The van der Waals surface area contributed by atoms with E-state index < -0.39 is 10.0 Å². The predicted molar refractivity (Wildman–Crippen MR) is 87.1 cm³/mol. The second-order valence-corrected chi connectivity index (χ2v) is 7.77. The quantitative estimate of drug-likeness (QED) is 0.708. The number of carbonyl (C=O) groups is 1. The van der Waals surface area contributed by atoms with E-state index in [1.807, 2.05) is 13.8 Å². The number of thioether (sulfide) groups is 1. The number of aryl methyl sites for hydroxylation is 2. The molecule has 0 saturated heterocycles. The van der Waals surface area contributed by atoms with E-state index in [9.17, 15) is 13.2 Å². The molecule has 7 heteroatoms. The molecule has 1 rings (SSSR count). The molecule has 0 aliphatic carbocycles. The van der Waals surface area contributed by atoms with Gasteiger partial charge < -0.3 is 5.32 Å². The van der Waals surface area contributed by atoms with Gasteiger partial charge in [-0.2, -0.15) is 11.8 Å². The molecule has 0 aliphatic heterocycles.